The van der Waals surface area contributed by atoms with E-state index in [4.69, 9.17) is 16.3 Å². The summed E-state index contributed by atoms with van der Waals surface area (Å²) in [4.78, 5) is 12.4. The molecule has 122 valence electrons. The van der Waals surface area contributed by atoms with Crippen molar-refractivity contribution in [3.05, 3.63) is 59.1 Å². The maximum Gasteiger partial charge on any atom is 0.265 e. The number of amides is 1. The monoisotopic (exact) mass is 331 g/mol. The zero-order chi connectivity index (χ0) is 16.8. The predicted octanol–water partition coefficient (Wildman–Crippen LogP) is 5.26. The Hall–Kier alpha value is -2.00. The van der Waals surface area contributed by atoms with Gasteiger partial charge in [0.15, 0.2) is 6.10 Å². The molecule has 23 heavy (non-hydrogen) atoms. The van der Waals surface area contributed by atoms with Gasteiger partial charge in [0, 0.05) is 5.69 Å². The van der Waals surface area contributed by atoms with Gasteiger partial charge < -0.3 is 10.1 Å². The fourth-order valence-corrected chi connectivity index (χ4v) is 2.37. The molecule has 0 spiro atoms. The zero-order valence-electron chi connectivity index (χ0n) is 13.7. The third-order valence-corrected chi connectivity index (χ3v) is 3.93. The quantitative estimate of drug-likeness (QED) is 0.784. The van der Waals surface area contributed by atoms with E-state index in [2.05, 4.69) is 19.2 Å². The summed E-state index contributed by atoms with van der Waals surface area (Å²) >= 11 is 6.08. The summed E-state index contributed by atoms with van der Waals surface area (Å²) < 4.78 is 5.75. The third kappa shape index (κ3) is 4.73. The average Bonchev–Trinajstić information content (AvgIpc) is 2.54. The first-order valence-electron chi connectivity index (χ1n) is 7.83. The molecule has 0 bridgehead atoms. The number of carbonyl (C=O) groups is 1. The number of hydrogen-bond acceptors (Lipinski definition) is 2. The topological polar surface area (TPSA) is 38.3 Å². The molecule has 0 saturated heterocycles. The van der Waals surface area contributed by atoms with Gasteiger partial charge in [0.1, 0.15) is 5.75 Å². The van der Waals surface area contributed by atoms with Crippen molar-refractivity contribution in [3.63, 3.8) is 0 Å². The largest absolute Gasteiger partial charge is 0.479 e. The van der Waals surface area contributed by atoms with E-state index in [-0.39, 0.29) is 5.91 Å². The molecule has 0 fully saturated rings. The average molecular weight is 332 g/mol. The highest BCUT2D eigenvalue weighted by atomic mass is 35.5. The normalized spacial score (nSPS) is 12.0. The Bertz CT molecular complexity index is 653. The molecule has 0 heterocycles. The Morgan fingerprint density at radius 2 is 1.78 bits per heavy atom. The minimum Gasteiger partial charge on any atom is -0.479 e. The molecule has 0 aliphatic carbocycles. The fourth-order valence-electron chi connectivity index (χ4n) is 2.19. The van der Waals surface area contributed by atoms with E-state index in [1.54, 1.807) is 12.1 Å². The van der Waals surface area contributed by atoms with Crippen molar-refractivity contribution in [3.8, 4) is 5.75 Å². The molecule has 1 amide bonds. The molecular formula is C19H22ClNO2. The lowest BCUT2D eigenvalue weighted by Crippen LogP contribution is -2.32. The molecule has 2 rings (SSSR count). The summed E-state index contributed by atoms with van der Waals surface area (Å²) in [6.07, 6.45) is -0.0270. The minimum absolute atomic E-state index is 0.176. The van der Waals surface area contributed by atoms with Crippen LogP contribution in [-0.2, 0) is 4.79 Å². The summed E-state index contributed by atoms with van der Waals surface area (Å²) in [6.45, 7) is 6.18. The molecule has 1 atom stereocenters. The molecular weight excluding hydrogens is 310 g/mol. The van der Waals surface area contributed by atoms with Crippen LogP contribution in [0.2, 0.25) is 5.02 Å². The smallest absolute Gasteiger partial charge is 0.265 e. The summed E-state index contributed by atoms with van der Waals surface area (Å²) in [5.74, 6) is 0.808. The molecule has 2 aromatic carbocycles. The molecule has 2 aromatic rings. The van der Waals surface area contributed by atoms with Crippen molar-refractivity contribution in [1.82, 2.24) is 0 Å². The maximum absolute atomic E-state index is 12.4. The zero-order valence-corrected chi connectivity index (χ0v) is 14.4. The number of anilines is 1. The van der Waals surface area contributed by atoms with Crippen molar-refractivity contribution in [2.24, 2.45) is 0 Å². The number of halogens is 1. The first-order chi connectivity index (χ1) is 11.0. The lowest BCUT2D eigenvalue weighted by Gasteiger charge is -2.18. The van der Waals surface area contributed by atoms with Crippen LogP contribution in [0.1, 0.15) is 38.7 Å². The molecule has 0 saturated carbocycles. The van der Waals surface area contributed by atoms with Crippen LogP contribution in [0.25, 0.3) is 0 Å². The minimum atomic E-state index is -0.584. The Kier molecular flexibility index (Phi) is 6.05. The lowest BCUT2D eigenvalue weighted by molar-refractivity contribution is -0.122. The van der Waals surface area contributed by atoms with Gasteiger partial charge >= 0.3 is 0 Å². The number of carbonyl (C=O) groups excluding carboxylic acids is 1. The predicted molar refractivity (Wildman–Crippen MR) is 95.3 cm³/mol. The summed E-state index contributed by atoms with van der Waals surface area (Å²) in [6, 6.07) is 15.0. The van der Waals surface area contributed by atoms with E-state index in [9.17, 15) is 4.79 Å². The fraction of sp³-hybridized carbons (Fsp3) is 0.316. The van der Waals surface area contributed by atoms with Gasteiger partial charge in [-0.05, 0) is 42.2 Å². The van der Waals surface area contributed by atoms with E-state index >= 15 is 0 Å². The van der Waals surface area contributed by atoms with Crippen LogP contribution in [0.5, 0.6) is 5.75 Å². The van der Waals surface area contributed by atoms with Crippen molar-refractivity contribution < 1.29 is 9.53 Å². The van der Waals surface area contributed by atoms with Gasteiger partial charge in [-0.2, -0.15) is 0 Å². The number of hydrogen-bond donors (Lipinski definition) is 1. The van der Waals surface area contributed by atoms with E-state index in [0.29, 0.717) is 23.1 Å². The second kappa shape index (κ2) is 8.02. The van der Waals surface area contributed by atoms with Gasteiger partial charge in [0.05, 0.1) is 5.02 Å². The molecule has 1 unspecified atom stereocenters. The van der Waals surface area contributed by atoms with Crippen LogP contribution in [0.3, 0.4) is 0 Å². The highest BCUT2D eigenvalue weighted by molar-refractivity contribution is 6.32. The first kappa shape index (κ1) is 17.4. The third-order valence-electron chi connectivity index (χ3n) is 3.61. The second-order valence-corrected chi connectivity index (χ2v) is 6.12. The van der Waals surface area contributed by atoms with Gasteiger partial charge in [-0.15, -0.1) is 0 Å². The number of para-hydroxylation sites is 1. The van der Waals surface area contributed by atoms with Gasteiger partial charge in [-0.25, -0.2) is 0 Å². The Morgan fingerprint density at radius 1 is 1.13 bits per heavy atom. The van der Waals surface area contributed by atoms with E-state index < -0.39 is 6.10 Å². The number of rotatable bonds is 6. The molecule has 0 radical (unpaired) electrons. The lowest BCUT2D eigenvalue weighted by atomic mass is 10.0. The SMILES string of the molecule is CCC(Oc1ccccc1Cl)C(=O)Nc1ccc(C(C)C)cc1. The molecule has 4 heteroatoms. The van der Waals surface area contributed by atoms with E-state index in [1.807, 2.05) is 43.3 Å². The number of nitrogens with one attached hydrogen (secondary N) is 1. The van der Waals surface area contributed by atoms with Gasteiger partial charge in [0.2, 0.25) is 0 Å². The highest BCUT2D eigenvalue weighted by Crippen LogP contribution is 2.25. The first-order valence-corrected chi connectivity index (χ1v) is 8.21. The number of benzene rings is 2. The molecule has 0 aliphatic heterocycles. The van der Waals surface area contributed by atoms with E-state index in [1.165, 1.54) is 5.56 Å². The van der Waals surface area contributed by atoms with E-state index in [0.717, 1.165) is 5.69 Å². The van der Waals surface area contributed by atoms with Crippen molar-refractivity contribution in [1.29, 1.82) is 0 Å². The maximum atomic E-state index is 12.4. The molecule has 1 N–H and O–H groups in total. The Labute approximate surface area is 142 Å². The number of ether oxygens (including phenoxy) is 1. The second-order valence-electron chi connectivity index (χ2n) is 5.71. The highest BCUT2D eigenvalue weighted by Gasteiger charge is 2.19. The summed E-state index contributed by atoms with van der Waals surface area (Å²) in [5.41, 5.74) is 2.00. The molecule has 0 aliphatic rings. The van der Waals surface area contributed by atoms with Crippen molar-refractivity contribution in [2.45, 2.75) is 39.2 Å². The van der Waals surface area contributed by atoms with Crippen LogP contribution in [0.15, 0.2) is 48.5 Å². The standard InChI is InChI=1S/C19H22ClNO2/c1-4-17(23-18-8-6-5-7-16(18)20)19(22)21-15-11-9-14(10-12-15)13(2)3/h5-13,17H,4H2,1-3H3,(H,21,22). The van der Waals surface area contributed by atoms with Crippen molar-refractivity contribution >= 4 is 23.2 Å². The van der Waals surface area contributed by atoms with Crippen LogP contribution in [0, 0.1) is 0 Å². The van der Waals surface area contributed by atoms with Crippen molar-refractivity contribution in [2.75, 3.05) is 5.32 Å². The van der Waals surface area contributed by atoms with Crippen LogP contribution >= 0.6 is 11.6 Å². The van der Waals surface area contributed by atoms with Gasteiger partial charge in [0.25, 0.3) is 5.91 Å². The van der Waals surface area contributed by atoms with Crippen LogP contribution in [-0.4, -0.2) is 12.0 Å². The van der Waals surface area contributed by atoms with Crippen LogP contribution in [0.4, 0.5) is 5.69 Å². The van der Waals surface area contributed by atoms with Crippen LogP contribution < -0.4 is 10.1 Å². The molecule has 0 aromatic heterocycles. The van der Waals surface area contributed by atoms with Gasteiger partial charge in [-0.3, -0.25) is 4.79 Å². The molecule has 3 nitrogen and oxygen atoms in total. The Balaban J connectivity index is 2.04. The van der Waals surface area contributed by atoms with Gasteiger partial charge in [-0.1, -0.05) is 56.6 Å². The Morgan fingerprint density at radius 3 is 2.35 bits per heavy atom. The summed E-state index contributed by atoms with van der Waals surface area (Å²) in [5, 5.41) is 3.39. The summed E-state index contributed by atoms with van der Waals surface area (Å²) in [7, 11) is 0.